The van der Waals surface area contributed by atoms with Crippen LogP contribution in [0.4, 0.5) is 17.6 Å². The summed E-state index contributed by atoms with van der Waals surface area (Å²) in [6, 6.07) is -0.0709. The second-order valence-electron chi connectivity index (χ2n) is 4.85. The van der Waals surface area contributed by atoms with Gasteiger partial charge in [-0.2, -0.15) is 8.78 Å². The smallest absolute Gasteiger partial charge is 0.308 e. The molecule has 1 saturated carbocycles. The fraction of sp³-hybridized carbons (Fsp3) is 1.00. The highest BCUT2D eigenvalue weighted by atomic mass is 19.3. The first-order valence-electron chi connectivity index (χ1n) is 5.74. The van der Waals surface area contributed by atoms with Gasteiger partial charge in [0, 0.05) is 6.04 Å². The quantitative estimate of drug-likeness (QED) is 0.745. The molecule has 16 heavy (non-hydrogen) atoms. The van der Waals surface area contributed by atoms with Gasteiger partial charge in [0.25, 0.3) is 0 Å². The van der Waals surface area contributed by atoms with Gasteiger partial charge in [-0.15, -0.1) is 0 Å². The molecule has 96 valence electrons. The molecule has 1 N–H and O–H groups in total. The van der Waals surface area contributed by atoms with E-state index in [4.69, 9.17) is 0 Å². The Morgan fingerprint density at radius 1 is 1.19 bits per heavy atom. The molecule has 1 rings (SSSR count). The van der Waals surface area contributed by atoms with Crippen LogP contribution in [-0.4, -0.2) is 24.9 Å². The molecule has 2 unspecified atom stereocenters. The Balaban J connectivity index is 2.47. The molecule has 0 heterocycles. The Hall–Kier alpha value is -0.320. The van der Waals surface area contributed by atoms with E-state index in [-0.39, 0.29) is 17.9 Å². The van der Waals surface area contributed by atoms with E-state index in [9.17, 15) is 17.6 Å². The van der Waals surface area contributed by atoms with E-state index < -0.39 is 18.9 Å². The normalized spacial score (nSPS) is 32.1. The fourth-order valence-corrected chi connectivity index (χ4v) is 2.42. The van der Waals surface area contributed by atoms with Gasteiger partial charge in [-0.3, -0.25) is 0 Å². The first kappa shape index (κ1) is 13.7. The second-order valence-corrected chi connectivity index (χ2v) is 4.85. The Bertz CT molecular complexity index is 210. The molecule has 0 aliphatic heterocycles. The number of hydrogen-bond donors (Lipinski definition) is 1. The minimum atomic E-state index is -3.92. The fourth-order valence-electron chi connectivity index (χ4n) is 2.42. The van der Waals surface area contributed by atoms with Crippen molar-refractivity contribution in [1.29, 1.82) is 0 Å². The summed E-state index contributed by atoms with van der Waals surface area (Å²) in [5.74, 6) is -3.37. The van der Waals surface area contributed by atoms with Gasteiger partial charge in [-0.1, -0.05) is 20.3 Å². The predicted molar refractivity (Wildman–Crippen MR) is 54.9 cm³/mol. The summed E-state index contributed by atoms with van der Waals surface area (Å²) in [6.45, 7) is 3.03. The Morgan fingerprint density at radius 3 is 2.12 bits per heavy atom. The molecular weight excluding hydrogens is 222 g/mol. The topological polar surface area (TPSA) is 12.0 Å². The third kappa shape index (κ3) is 3.34. The first-order chi connectivity index (χ1) is 7.34. The van der Waals surface area contributed by atoms with Gasteiger partial charge in [-0.25, -0.2) is 8.78 Å². The standard InChI is InChI=1S/C11H19F4N/c1-7-4-3-5-8(2)9(7)16-6-11(14,15)10(12)13/h7-10,16H,3-6H2,1-2H3. The number of hydrogen-bond acceptors (Lipinski definition) is 1. The highest BCUT2D eigenvalue weighted by molar-refractivity contribution is 4.85. The molecule has 0 aromatic rings. The predicted octanol–water partition coefficient (Wildman–Crippen LogP) is 3.30. The van der Waals surface area contributed by atoms with Crippen molar-refractivity contribution in [2.75, 3.05) is 6.54 Å². The van der Waals surface area contributed by atoms with E-state index in [2.05, 4.69) is 5.32 Å². The van der Waals surface area contributed by atoms with Crippen molar-refractivity contribution in [3.8, 4) is 0 Å². The molecule has 1 aliphatic carbocycles. The molecule has 2 atom stereocenters. The molecule has 0 aromatic carbocycles. The third-order valence-corrected chi connectivity index (χ3v) is 3.44. The van der Waals surface area contributed by atoms with Crippen LogP contribution in [0.5, 0.6) is 0 Å². The van der Waals surface area contributed by atoms with Gasteiger partial charge in [0.2, 0.25) is 0 Å². The van der Waals surface area contributed by atoms with Crippen molar-refractivity contribution < 1.29 is 17.6 Å². The maximum Gasteiger partial charge on any atom is 0.319 e. The Morgan fingerprint density at radius 2 is 1.69 bits per heavy atom. The van der Waals surface area contributed by atoms with Crippen molar-refractivity contribution in [3.05, 3.63) is 0 Å². The number of alkyl halides is 4. The minimum absolute atomic E-state index is 0.0709. The zero-order valence-electron chi connectivity index (χ0n) is 9.65. The highest BCUT2D eigenvalue weighted by Gasteiger charge is 2.41. The highest BCUT2D eigenvalue weighted by Crippen LogP contribution is 2.30. The molecule has 0 saturated heterocycles. The largest absolute Gasteiger partial charge is 0.319 e. The number of nitrogens with one attached hydrogen (secondary N) is 1. The van der Waals surface area contributed by atoms with Crippen LogP contribution in [0.25, 0.3) is 0 Å². The first-order valence-corrected chi connectivity index (χ1v) is 5.74. The van der Waals surface area contributed by atoms with Gasteiger partial charge in [-0.05, 0) is 24.7 Å². The maximum atomic E-state index is 12.7. The summed E-state index contributed by atoms with van der Waals surface area (Å²) in [4.78, 5) is 0. The van der Waals surface area contributed by atoms with Crippen LogP contribution >= 0.6 is 0 Å². The SMILES string of the molecule is CC1CCCC(C)C1NCC(F)(F)C(F)F. The van der Waals surface area contributed by atoms with Gasteiger partial charge in [0.15, 0.2) is 0 Å². The van der Waals surface area contributed by atoms with E-state index in [0.29, 0.717) is 0 Å². The van der Waals surface area contributed by atoms with Crippen LogP contribution in [-0.2, 0) is 0 Å². The number of rotatable bonds is 4. The molecule has 1 fully saturated rings. The van der Waals surface area contributed by atoms with Gasteiger partial charge >= 0.3 is 12.3 Å². The maximum absolute atomic E-state index is 12.7. The lowest BCUT2D eigenvalue weighted by molar-refractivity contribution is -0.127. The van der Waals surface area contributed by atoms with Crippen LogP contribution in [0.15, 0.2) is 0 Å². The molecule has 0 bridgehead atoms. The van der Waals surface area contributed by atoms with Crippen molar-refractivity contribution >= 4 is 0 Å². The van der Waals surface area contributed by atoms with Crippen LogP contribution in [0.1, 0.15) is 33.1 Å². The van der Waals surface area contributed by atoms with Gasteiger partial charge < -0.3 is 5.32 Å². The number of halogens is 4. The second kappa shape index (κ2) is 5.34. The molecule has 0 aromatic heterocycles. The lowest BCUT2D eigenvalue weighted by Crippen LogP contribution is -2.49. The lowest BCUT2D eigenvalue weighted by Gasteiger charge is -2.36. The van der Waals surface area contributed by atoms with Crippen LogP contribution in [0.3, 0.4) is 0 Å². The monoisotopic (exact) mass is 241 g/mol. The summed E-state index contributed by atoms with van der Waals surface area (Å²) in [7, 11) is 0. The molecule has 0 amide bonds. The average Bonchev–Trinajstić information content (AvgIpc) is 2.16. The van der Waals surface area contributed by atoms with E-state index in [1.54, 1.807) is 0 Å². The van der Waals surface area contributed by atoms with E-state index in [1.807, 2.05) is 13.8 Å². The van der Waals surface area contributed by atoms with Crippen molar-refractivity contribution in [3.63, 3.8) is 0 Å². The molecule has 5 heteroatoms. The minimum Gasteiger partial charge on any atom is -0.308 e. The summed E-state index contributed by atoms with van der Waals surface area (Å²) >= 11 is 0. The molecule has 1 nitrogen and oxygen atoms in total. The van der Waals surface area contributed by atoms with E-state index in [1.165, 1.54) is 0 Å². The van der Waals surface area contributed by atoms with E-state index in [0.717, 1.165) is 19.3 Å². The zero-order chi connectivity index (χ0) is 12.3. The van der Waals surface area contributed by atoms with Crippen LogP contribution < -0.4 is 5.32 Å². The third-order valence-electron chi connectivity index (χ3n) is 3.44. The lowest BCUT2D eigenvalue weighted by atomic mass is 9.78. The summed E-state index contributed by atoms with van der Waals surface area (Å²) < 4.78 is 49.4. The molecule has 0 radical (unpaired) electrons. The van der Waals surface area contributed by atoms with Crippen LogP contribution in [0, 0.1) is 11.8 Å². The molecule has 0 spiro atoms. The zero-order valence-corrected chi connectivity index (χ0v) is 9.65. The van der Waals surface area contributed by atoms with Gasteiger partial charge in [0.1, 0.15) is 0 Å². The van der Waals surface area contributed by atoms with Crippen LogP contribution in [0.2, 0.25) is 0 Å². The average molecular weight is 241 g/mol. The summed E-state index contributed by atoms with van der Waals surface area (Å²) in [5, 5.41) is 2.61. The van der Waals surface area contributed by atoms with Crippen molar-refractivity contribution in [2.24, 2.45) is 11.8 Å². The van der Waals surface area contributed by atoms with Gasteiger partial charge in [0.05, 0.1) is 6.54 Å². The molecular formula is C11H19F4N. The van der Waals surface area contributed by atoms with Crippen molar-refractivity contribution in [1.82, 2.24) is 5.32 Å². The summed E-state index contributed by atoms with van der Waals surface area (Å²) in [6.07, 6.45) is -0.551. The Labute approximate surface area is 93.6 Å². The molecule has 1 aliphatic rings. The Kier molecular flexibility index (Phi) is 4.59. The summed E-state index contributed by atoms with van der Waals surface area (Å²) in [5.41, 5.74) is 0. The van der Waals surface area contributed by atoms with Crippen molar-refractivity contribution in [2.45, 2.75) is 51.5 Å². The van der Waals surface area contributed by atoms with E-state index >= 15 is 0 Å².